The van der Waals surface area contributed by atoms with Crippen molar-refractivity contribution in [2.75, 3.05) is 0 Å². The van der Waals surface area contributed by atoms with E-state index in [0.717, 1.165) is 4.90 Å². The first-order chi connectivity index (χ1) is 10.5. The molecule has 22 heavy (non-hydrogen) atoms. The molecule has 0 N–H and O–H groups in total. The second-order valence-corrected chi connectivity index (χ2v) is 6.70. The van der Waals surface area contributed by atoms with Gasteiger partial charge in [0.2, 0.25) is 5.82 Å². The zero-order valence-corrected chi connectivity index (χ0v) is 12.6. The van der Waals surface area contributed by atoms with Gasteiger partial charge >= 0.3 is 12.1 Å². The van der Waals surface area contributed by atoms with Crippen LogP contribution in [0, 0.1) is 0 Å². The monoisotopic (exact) mass is 328 g/mol. The van der Waals surface area contributed by atoms with E-state index < -0.39 is 12.1 Å². The summed E-state index contributed by atoms with van der Waals surface area (Å²) in [7, 11) is 0. The summed E-state index contributed by atoms with van der Waals surface area (Å²) in [6.07, 6.45) is 1.55. The molecule has 1 fully saturated rings. The van der Waals surface area contributed by atoms with E-state index in [4.69, 9.17) is 0 Å². The molecule has 1 saturated carbocycles. The van der Waals surface area contributed by atoms with Gasteiger partial charge in [0.05, 0.1) is 0 Å². The van der Waals surface area contributed by atoms with Gasteiger partial charge in [-0.05, 0) is 25.0 Å². The highest BCUT2D eigenvalue weighted by Gasteiger charge is 2.38. The molecule has 1 aromatic carbocycles. The third-order valence-corrected chi connectivity index (χ3v) is 4.95. The van der Waals surface area contributed by atoms with Crippen molar-refractivity contribution < 1.29 is 17.7 Å². The fourth-order valence-electron chi connectivity index (χ4n) is 2.54. The molecule has 0 spiro atoms. The van der Waals surface area contributed by atoms with Crippen LogP contribution in [0.25, 0.3) is 11.4 Å². The van der Waals surface area contributed by atoms with Gasteiger partial charge in [0.15, 0.2) is 0 Å². The Balaban J connectivity index is 1.77. The van der Waals surface area contributed by atoms with Gasteiger partial charge < -0.3 is 4.52 Å². The molecule has 2 aromatic rings. The maximum Gasteiger partial charge on any atom is 0.471 e. The van der Waals surface area contributed by atoms with E-state index in [0.29, 0.717) is 10.8 Å². The molecule has 1 aliphatic carbocycles. The lowest BCUT2D eigenvalue weighted by atomic mass is 10.0. The Labute approximate surface area is 130 Å². The van der Waals surface area contributed by atoms with Gasteiger partial charge in [-0.1, -0.05) is 36.6 Å². The van der Waals surface area contributed by atoms with E-state index in [2.05, 4.69) is 14.7 Å². The van der Waals surface area contributed by atoms with E-state index in [1.165, 1.54) is 32.1 Å². The Hall–Kier alpha value is -1.50. The molecule has 3 nitrogen and oxygen atoms in total. The molecule has 1 aliphatic rings. The van der Waals surface area contributed by atoms with E-state index in [-0.39, 0.29) is 5.82 Å². The number of halogens is 3. The van der Waals surface area contributed by atoms with Crippen molar-refractivity contribution in [1.82, 2.24) is 10.1 Å². The predicted molar refractivity (Wildman–Crippen MR) is 77.5 cm³/mol. The normalized spacial score (nSPS) is 16.9. The van der Waals surface area contributed by atoms with Crippen LogP contribution in [0.3, 0.4) is 0 Å². The standard InChI is InChI=1S/C15H15F3N2OS/c16-15(17,18)14-19-13(20-21-14)10-5-4-8-12(9-10)22-11-6-2-1-3-7-11/h4-5,8-9,11H,1-3,6-7H2. The summed E-state index contributed by atoms with van der Waals surface area (Å²) < 4.78 is 41.8. The van der Waals surface area contributed by atoms with Gasteiger partial charge in [-0.3, -0.25) is 0 Å². The van der Waals surface area contributed by atoms with Crippen molar-refractivity contribution in [3.8, 4) is 11.4 Å². The van der Waals surface area contributed by atoms with Crippen LogP contribution < -0.4 is 0 Å². The van der Waals surface area contributed by atoms with Gasteiger partial charge in [-0.25, -0.2) is 0 Å². The predicted octanol–water partition coefficient (Wildman–Crippen LogP) is 5.18. The quantitative estimate of drug-likeness (QED) is 0.778. The van der Waals surface area contributed by atoms with Crippen LogP contribution in [0.5, 0.6) is 0 Å². The Kier molecular flexibility index (Phi) is 4.42. The summed E-state index contributed by atoms with van der Waals surface area (Å²) in [6, 6.07) is 7.29. The lowest BCUT2D eigenvalue weighted by molar-refractivity contribution is -0.159. The molecule has 1 aromatic heterocycles. The second kappa shape index (κ2) is 6.32. The van der Waals surface area contributed by atoms with Crippen LogP contribution >= 0.6 is 11.8 Å². The summed E-state index contributed by atoms with van der Waals surface area (Å²) in [5.74, 6) is -1.34. The largest absolute Gasteiger partial charge is 0.471 e. The molecule has 0 bridgehead atoms. The number of aromatic nitrogens is 2. The fraction of sp³-hybridized carbons (Fsp3) is 0.467. The first-order valence-electron chi connectivity index (χ1n) is 7.20. The first-order valence-corrected chi connectivity index (χ1v) is 8.08. The number of hydrogen-bond acceptors (Lipinski definition) is 4. The smallest absolute Gasteiger partial charge is 0.329 e. The number of alkyl halides is 3. The lowest BCUT2D eigenvalue weighted by Crippen LogP contribution is -2.07. The van der Waals surface area contributed by atoms with Gasteiger partial charge in [0.1, 0.15) is 0 Å². The molecule has 0 amide bonds. The lowest BCUT2D eigenvalue weighted by Gasteiger charge is -2.20. The Bertz CT molecular complexity index is 636. The number of benzene rings is 1. The SMILES string of the molecule is FC(F)(F)c1nc(-c2cccc(SC3CCCCC3)c2)no1. The van der Waals surface area contributed by atoms with E-state index in [1.54, 1.807) is 17.8 Å². The molecule has 118 valence electrons. The van der Waals surface area contributed by atoms with E-state index >= 15 is 0 Å². The van der Waals surface area contributed by atoms with Crippen molar-refractivity contribution in [2.24, 2.45) is 0 Å². The van der Waals surface area contributed by atoms with Crippen LogP contribution in [0.1, 0.15) is 38.0 Å². The zero-order chi connectivity index (χ0) is 15.6. The molecule has 0 radical (unpaired) electrons. The van der Waals surface area contributed by atoms with Crippen molar-refractivity contribution in [1.29, 1.82) is 0 Å². The fourth-order valence-corrected chi connectivity index (χ4v) is 3.85. The highest BCUT2D eigenvalue weighted by molar-refractivity contribution is 8.00. The van der Waals surface area contributed by atoms with Gasteiger partial charge in [-0.15, -0.1) is 11.8 Å². The molecule has 0 atom stereocenters. The number of rotatable bonds is 3. The molecule has 0 unspecified atom stereocenters. The summed E-state index contributed by atoms with van der Waals surface area (Å²) in [5, 5.41) is 4.01. The van der Waals surface area contributed by atoms with Gasteiger partial charge in [0, 0.05) is 15.7 Å². The minimum atomic E-state index is -4.61. The highest BCUT2D eigenvalue weighted by Crippen LogP contribution is 2.35. The topological polar surface area (TPSA) is 38.9 Å². The number of thioether (sulfide) groups is 1. The molecule has 0 saturated heterocycles. The van der Waals surface area contributed by atoms with Crippen molar-refractivity contribution in [3.63, 3.8) is 0 Å². The first kappa shape index (κ1) is 15.4. The molecular weight excluding hydrogens is 313 g/mol. The summed E-state index contributed by atoms with van der Waals surface area (Å²) >= 11 is 1.78. The summed E-state index contributed by atoms with van der Waals surface area (Å²) in [6.45, 7) is 0. The van der Waals surface area contributed by atoms with Crippen LogP contribution in [0.15, 0.2) is 33.7 Å². The summed E-state index contributed by atoms with van der Waals surface area (Å²) in [4.78, 5) is 4.46. The maximum atomic E-state index is 12.5. The zero-order valence-electron chi connectivity index (χ0n) is 11.8. The minimum Gasteiger partial charge on any atom is -0.329 e. The maximum absolute atomic E-state index is 12.5. The molecule has 0 aliphatic heterocycles. The van der Waals surface area contributed by atoms with Crippen LogP contribution in [0.4, 0.5) is 13.2 Å². The minimum absolute atomic E-state index is 0.0292. The van der Waals surface area contributed by atoms with Crippen molar-refractivity contribution >= 4 is 11.8 Å². The van der Waals surface area contributed by atoms with Crippen molar-refractivity contribution in [3.05, 3.63) is 30.2 Å². The summed E-state index contributed by atoms with van der Waals surface area (Å²) in [5.41, 5.74) is 0.542. The van der Waals surface area contributed by atoms with E-state index in [9.17, 15) is 13.2 Å². The third-order valence-electron chi connectivity index (χ3n) is 3.62. The molecule has 1 heterocycles. The van der Waals surface area contributed by atoms with Gasteiger partial charge in [0.25, 0.3) is 0 Å². The number of hydrogen-bond donors (Lipinski definition) is 0. The van der Waals surface area contributed by atoms with Gasteiger partial charge in [-0.2, -0.15) is 18.2 Å². The Morgan fingerprint density at radius 2 is 1.91 bits per heavy atom. The van der Waals surface area contributed by atoms with Crippen LogP contribution in [0.2, 0.25) is 0 Å². The Morgan fingerprint density at radius 1 is 1.14 bits per heavy atom. The van der Waals surface area contributed by atoms with E-state index in [1.807, 2.05) is 18.2 Å². The molecule has 3 rings (SSSR count). The average molecular weight is 328 g/mol. The average Bonchev–Trinajstić information content (AvgIpc) is 2.99. The van der Waals surface area contributed by atoms with Crippen LogP contribution in [-0.4, -0.2) is 15.4 Å². The molecule has 7 heteroatoms. The van der Waals surface area contributed by atoms with Crippen molar-refractivity contribution in [2.45, 2.75) is 48.4 Å². The van der Waals surface area contributed by atoms with Crippen LogP contribution in [-0.2, 0) is 6.18 Å². The Morgan fingerprint density at radius 3 is 2.59 bits per heavy atom. The second-order valence-electron chi connectivity index (χ2n) is 5.33. The number of nitrogens with zero attached hydrogens (tertiary/aromatic N) is 2. The third kappa shape index (κ3) is 3.63. The highest BCUT2D eigenvalue weighted by atomic mass is 32.2. The molecular formula is C15H15F3N2OS.